The molecule has 0 fully saturated rings. The first-order chi connectivity index (χ1) is 21.0. The zero-order valence-electron chi connectivity index (χ0n) is 26.4. The van der Waals surface area contributed by atoms with Gasteiger partial charge in [-0.05, 0) is 96.4 Å². The number of anilines is 1. The van der Waals surface area contributed by atoms with Crippen molar-refractivity contribution in [1.82, 2.24) is 4.98 Å². The number of hydrogen-bond acceptors (Lipinski definition) is 12. The maximum absolute atomic E-state index is 12.9. The summed E-state index contributed by atoms with van der Waals surface area (Å²) in [5.41, 5.74) is -1.40. The molecule has 242 valence electrons. The van der Waals surface area contributed by atoms with Crippen LogP contribution in [0.25, 0.3) is 0 Å². The van der Waals surface area contributed by atoms with Crippen molar-refractivity contribution >= 4 is 43.0 Å². The standard InChI is InChI=1S/C31H37N2O10PS/c1-19(2)40-23-15-20(25(34)33-28-32-13-14-45-28)16-24(17-23)41-22-11-9-21(10-12-22)31(43-44-37,42-27(36)30(6,7)8)39-18-38-26(35)29(3,4)5/h9-17,19,44H,18H2,1-8H3/p+1. The number of ether oxygens (including phenoxy) is 5. The Kier molecular flexibility index (Phi) is 11.8. The minimum Gasteiger partial charge on any atom is -0.491 e. The summed E-state index contributed by atoms with van der Waals surface area (Å²) in [4.78, 5) is 42.2. The van der Waals surface area contributed by atoms with Crippen LogP contribution in [-0.4, -0.2) is 35.7 Å². The molecule has 0 spiro atoms. The lowest BCUT2D eigenvalue weighted by atomic mass is 9.97. The second-order valence-corrected chi connectivity index (χ2v) is 13.4. The quantitative estimate of drug-likeness (QED) is 0.113. The lowest BCUT2D eigenvalue weighted by Gasteiger charge is -2.30. The lowest BCUT2D eigenvalue weighted by molar-refractivity contribution is -0.356. The van der Waals surface area contributed by atoms with E-state index in [9.17, 15) is 18.9 Å². The number of rotatable bonds is 13. The van der Waals surface area contributed by atoms with Gasteiger partial charge in [-0.2, -0.15) is 0 Å². The van der Waals surface area contributed by atoms with Gasteiger partial charge in [-0.1, -0.05) is 4.52 Å². The van der Waals surface area contributed by atoms with E-state index in [1.807, 2.05) is 13.8 Å². The maximum Gasteiger partial charge on any atom is 0.501 e. The van der Waals surface area contributed by atoms with E-state index in [4.69, 9.17) is 28.2 Å². The van der Waals surface area contributed by atoms with Crippen molar-refractivity contribution in [2.75, 3.05) is 12.1 Å². The number of benzene rings is 2. The van der Waals surface area contributed by atoms with Crippen LogP contribution < -0.4 is 14.8 Å². The molecule has 0 radical (unpaired) electrons. The molecule has 2 aromatic carbocycles. The van der Waals surface area contributed by atoms with Crippen molar-refractivity contribution in [3.05, 3.63) is 65.2 Å². The Labute approximate surface area is 267 Å². The average Bonchev–Trinajstić information content (AvgIpc) is 3.45. The molecule has 1 heterocycles. The normalized spacial score (nSPS) is 13.2. The predicted molar refractivity (Wildman–Crippen MR) is 168 cm³/mol. The molecule has 0 aliphatic rings. The van der Waals surface area contributed by atoms with Crippen molar-refractivity contribution in [1.29, 1.82) is 0 Å². The maximum atomic E-state index is 12.9. The smallest absolute Gasteiger partial charge is 0.491 e. The van der Waals surface area contributed by atoms with Gasteiger partial charge in [-0.15, -0.1) is 11.3 Å². The van der Waals surface area contributed by atoms with Gasteiger partial charge in [0.1, 0.15) is 17.2 Å². The topological polar surface area (TPSA) is 149 Å². The Morgan fingerprint density at radius 3 is 2.11 bits per heavy atom. The van der Waals surface area contributed by atoms with Crippen LogP contribution in [0.1, 0.15) is 71.3 Å². The van der Waals surface area contributed by atoms with Crippen LogP contribution >= 0.6 is 20.0 Å². The fourth-order valence-electron chi connectivity index (χ4n) is 3.41. The van der Waals surface area contributed by atoms with Crippen LogP contribution in [0.4, 0.5) is 5.13 Å². The molecule has 1 aromatic heterocycles. The number of carbonyl (C=O) groups is 3. The zero-order chi connectivity index (χ0) is 33.4. The van der Waals surface area contributed by atoms with Gasteiger partial charge in [0.05, 0.1) is 22.5 Å². The highest BCUT2D eigenvalue weighted by atomic mass is 32.1. The minimum absolute atomic E-state index is 0.128. The molecule has 3 aromatic rings. The number of carbonyl (C=O) groups excluding carboxylic acids is 3. The summed E-state index contributed by atoms with van der Waals surface area (Å²) >= 11 is 1.29. The summed E-state index contributed by atoms with van der Waals surface area (Å²) in [6.07, 6.45) is 1.42. The van der Waals surface area contributed by atoms with Crippen molar-refractivity contribution in [2.45, 2.75) is 67.5 Å². The number of nitrogens with one attached hydrogen (secondary N) is 1. The molecule has 0 saturated carbocycles. The molecule has 0 bridgehead atoms. The minimum atomic E-state index is -2.31. The Balaban J connectivity index is 1.92. The van der Waals surface area contributed by atoms with Crippen LogP contribution in [0.2, 0.25) is 0 Å². The third-order valence-electron chi connectivity index (χ3n) is 5.68. The molecular formula is C31H38N2O10PS+. The van der Waals surface area contributed by atoms with Gasteiger partial charge in [0.25, 0.3) is 5.91 Å². The van der Waals surface area contributed by atoms with Crippen molar-refractivity contribution in [3.8, 4) is 17.2 Å². The number of thiazole rings is 1. The predicted octanol–water partition coefficient (Wildman–Crippen LogP) is 7.19. The number of nitrogens with zero attached hydrogens (tertiary/aromatic N) is 1. The van der Waals surface area contributed by atoms with Gasteiger partial charge in [0, 0.05) is 23.2 Å². The fourth-order valence-corrected chi connectivity index (χ4v) is 4.26. The van der Waals surface area contributed by atoms with E-state index in [1.54, 1.807) is 71.3 Å². The summed E-state index contributed by atoms with van der Waals surface area (Å²) in [6, 6.07) is 10.8. The Morgan fingerprint density at radius 1 is 0.911 bits per heavy atom. The molecule has 2 unspecified atom stereocenters. The SMILES string of the molecule is CC(C)Oc1cc(Oc2ccc(C(OCOC(=O)C(C)(C)C)(O[PH+]=O)OC(=O)C(C)(C)C)cc2)cc(C(=O)Nc2nccs2)c1. The Morgan fingerprint density at radius 2 is 1.56 bits per heavy atom. The van der Waals surface area contributed by atoms with Gasteiger partial charge in [-0.25, -0.2) is 4.98 Å². The highest BCUT2D eigenvalue weighted by Gasteiger charge is 2.47. The van der Waals surface area contributed by atoms with Crippen molar-refractivity contribution in [2.24, 2.45) is 10.8 Å². The Bertz CT molecular complexity index is 1480. The number of aromatic nitrogens is 1. The van der Waals surface area contributed by atoms with E-state index in [0.717, 1.165) is 0 Å². The first kappa shape index (κ1) is 35.6. The third-order valence-corrected chi connectivity index (χ3v) is 6.72. The molecule has 0 saturated heterocycles. The fraction of sp³-hybridized carbons (Fsp3) is 0.419. The van der Waals surface area contributed by atoms with Crippen LogP contribution in [0.5, 0.6) is 17.2 Å². The number of hydrogen-bond donors (Lipinski definition) is 1. The molecule has 1 amide bonds. The van der Waals surface area contributed by atoms with Gasteiger partial charge < -0.3 is 18.9 Å². The van der Waals surface area contributed by atoms with Crippen molar-refractivity contribution < 1.29 is 47.2 Å². The molecule has 2 atom stereocenters. The Hall–Kier alpha value is -3.90. The molecule has 3 rings (SSSR count). The number of esters is 2. The summed E-state index contributed by atoms with van der Waals surface area (Å²) in [5.74, 6) is -2.97. The first-order valence-corrected chi connectivity index (χ1v) is 15.6. The molecule has 14 heteroatoms. The molecular weight excluding hydrogens is 623 g/mol. The highest BCUT2D eigenvalue weighted by Crippen LogP contribution is 2.37. The van der Waals surface area contributed by atoms with Crippen LogP contribution in [0.15, 0.2) is 54.0 Å². The van der Waals surface area contributed by atoms with Gasteiger partial charge >= 0.3 is 26.6 Å². The van der Waals surface area contributed by atoms with E-state index in [1.165, 1.54) is 35.6 Å². The van der Waals surface area contributed by atoms with Gasteiger partial charge in [0.2, 0.25) is 0 Å². The molecule has 0 aliphatic heterocycles. The summed E-state index contributed by atoms with van der Waals surface area (Å²) in [7, 11) is -1.41. The monoisotopic (exact) mass is 661 g/mol. The van der Waals surface area contributed by atoms with Crippen LogP contribution in [-0.2, 0) is 38.9 Å². The largest absolute Gasteiger partial charge is 0.501 e. The van der Waals surface area contributed by atoms with E-state index >= 15 is 0 Å². The van der Waals surface area contributed by atoms with E-state index < -0.39 is 50.1 Å². The van der Waals surface area contributed by atoms with Crippen molar-refractivity contribution in [3.63, 3.8) is 0 Å². The van der Waals surface area contributed by atoms with Crippen LogP contribution in [0.3, 0.4) is 0 Å². The van der Waals surface area contributed by atoms with Gasteiger partial charge in [-0.3, -0.25) is 24.4 Å². The number of amides is 1. The molecule has 0 aliphatic carbocycles. The van der Waals surface area contributed by atoms with E-state index in [0.29, 0.717) is 22.4 Å². The van der Waals surface area contributed by atoms with Crippen LogP contribution in [0, 0.1) is 10.8 Å². The highest BCUT2D eigenvalue weighted by molar-refractivity contribution is 7.17. The van der Waals surface area contributed by atoms with E-state index in [-0.39, 0.29) is 17.2 Å². The third kappa shape index (κ3) is 10.3. The average molecular weight is 662 g/mol. The second kappa shape index (κ2) is 14.9. The molecule has 45 heavy (non-hydrogen) atoms. The second-order valence-electron chi connectivity index (χ2n) is 12.1. The lowest BCUT2D eigenvalue weighted by Crippen LogP contribution is -2.41. The summed E-state index contributed by atoms with van der Waals surface area (Å²) in [6.45, 7) is 12.9. The molecule has 1 N–H and O–H groups in total. The van der Waals surface area contributed by atoms with E-state index in [2.05, 4.69) is 10.3 Å². The summed E-state index contributed by atoms with van der Waals surface area (Å²) < 4.78 is 45.5. The summed E-state index contributed by atoms with van der Waals surface area (Å²) in [5, 5.41) is 4.93. The molecule has 12 nitrogen and oxygen atoms in total. The zero-order valence-corrected chi connectivity index (χ0v) is 28.2. The first-order valence-electron chi connectivity index (χ1n) is 13.9. The van der Waals surface area contributed by atoms with Gasteiger partial charge in [0.15, 0.2) is 11.9 Å².